The molecule has 0 unspecified atom stereocenters. The highest BCUT2D eigenvalue weighted by Crippen LogP contribution is 2.30. The summed E-state index contributed by atoms with van der Waals surface area (Å²) in [6.45, 7) is 1.61. The minimum atomic E-state index is -3.61. The van der Waals surface area contributed by atoms with Crippen LogP contribution in [0.4, 0.5) is 11.4 Å². The van der Waals surface area contributed by atoms with Crippen LogP contribution in [0.3, 0.4) is 0 Å². The molecule has 0 spiro atoms. The Morgan fingerprint density at radius 3 is 2.35 bits per heavy atom. The summed E-state index contributed by atoms with van der Waals surface area (Å²) < 4.78 is 27.7. The van der Waals surface area contributed by atoms with Crippen LogP contribution < -0.4 is 10.2 Å². The molecule has 0 aromatic heterocycles. The van der Waals surface area contributed by atoms with Crippen molar-refractivity contribution in [3.05, 3.63) is 18.2 Å². The Morgan fingerprint density at radius 2 is 1.65 bits per heavy atom. The summed E-state index contributed by atoms with van der Waals surface area (Å²) in [5.74, 6) is -0.311. The Balaban J connectivity index is 1.79. The summed E-state index contributed by atoms with van der Waals surface area (Å²) in [5.41, 5.74) is 1.15. The van der Waals surface area contributed by atoms with E-state index in [4.69, 9.17) is 0 Å². The quantitative estimate of drug-likeness (QED) is 0.720. The van der Waals surface area contributed by atoms with E-state index in [-0.39, 0.29) is 23.3 Å². The molecule has 0 radical (unpaired) electrons. The summed E-state index contributed by atoms with van der Waals surface area (Å²) >= 11 is 0. The van der Waals surface area contributed by atoms with Crippen molar-refractivity contribution in [1.29, 1.82) is 0 Å². The van der Waals surface area contributed by atoms with Crippen molar-refractivity contribution in [3.63, 3.8) is 0 Å². The highest BCUT2D eigenvalue weighted by Gasteiger charge is 2.27. The number of nitrogens with zero attached hydrogens (tertiary/aromatic N) is 3. The Morgan fingerprint density at radius 1 is 1.00 bits per heavy atom. The third-order valence-electron chi connectivity index (χ3n) is 5.93. The molecule has 3 rings (SSSR count). The minimum Gasteiger partial charge on any atom is -0.376 e. The molecule has 8 nitrogen and oxygen atoms in total. The van der Waals surface area contributed by atoms with Crippen LogP contribution >= 0.6 is 0 Å². The topological polar surface area (TPSA) is 90.0 Å². The lowest BCUT2D eigenvalue weighted by Gasteiger charge is -2.27. The Bertz CT molecular complexity index is 895. The molecule has 2 amide bonds. The molecule has 0 atom stereocenters. The average molecular weight is 451 g/mol. The number of anilines is 2. The third kappa shape index (κ3) is 5.98. The fraction of sp³-hybridized carbons (Fsp3) is 0.636. The molecule has 172 valence electrons. The first-order chi connectivity index (χ1) is 14.8. The predicted octanol–water partition coefficient (Wildman–Crippen LogP) is 2.66. The maximum absolute atomic E-state index is 13.1. The van der Waals surface area contributed by atoms with Crippen molar-refractivity contribution >= 4 is 33.2 Å². The highest BCUT2D eigenvalue weighted by atomic mass is 32.2. The first-order valence-corrected chi connectivity index (χ1v) is 12.6. The van der Waals surface area contributed by atoms with Gasteiger partial charge in [-0.25, -0.2) is 8.42 Å². The predicted molar refractivity (Wildman–Crippen MR) is 122 cm³/mol. The Kier molecular flexibility index (Phi) is 7.94. The third-order valence-corrected chi connectivity index (χ3v) is 7.83. The van der Waals surface area contributed by atoms with E-state index >= 15 is 0 Å². The van der Waals surface area contributed by atoms with E-state index in [2.05, 4.69) is 5.32 Å². The molecule has 0 aliphatic carbocycles. The van der Waals surface area contributed by atoms with Crippen molar-refractivity contribution in [3.8, 4) is 0 Å². The second-order valence-electron chi connectivity index (χ2n) is 8.57. The van der Waals surface area contributed by atoms with E-state index < -0.39 is 10.0 Å². The van der Waals surface area contributed by atoms with Gasteiger partial charge in [0, 0.05) is 40.2 Å². The van der Waals surface area contributed by atoms with Crippen molar-refractivity contribution in [2.45, 2.75) is 56.3 Å². The van der Waals surface area contributed by atoms with Crippen LogP contribution in [0.15, 0.2) is 23.1 Å². The number of benzene rings is 1. The molecule has 2 aliphatic rings. The van der Waals surface area contributed by atoms with Crippen LogP contribution in [0, 0.1) is 0 Å². The van der Waals surface area contributed by atoms with E-state index in [1.807, 2.05) is 19.0 Å². The standard InChI is InChI=1S/C22H34N4O4S/c1-24(2)20-12-11-18(31(29,30)26-14-8-5-9-15-26)16-19(20)23-21(27)17-25-13-7-4-3-6-10-22(25)28/h11-12,16H,3-10,13-15,17H2,1-2H3,(H,23,27). The molecule has 31 heavy (non-hydrogen) atoms. The molecule has 1 aromatic rings. The first-order valence-electron chi connectivity index (χ1n) is 11.2. The molecular formula is C22H34N4O4S. The number of amides is 2. The number of sulfonamides is 1. The SMILES string of the molecule is CN(C)c1ccc(S(=O)(=O)N2CCCCC2)cc1NC(=O)CN1CCCCCCC1=O. The minimum absolute atomic E-state index is 0.00381. The van der Waals surface area contributed by atoms with Gasteiger partial charge in [0.05, 0.1) is 22.8 Å². The van der Waals surface area contributed by atoms with Crippen LogP contribution in [0.2, 0.25) is 0 Å². The number of nitrogens with one attached hydrogen (secondary N) is 1. The molecule has 2 heterocycles. The molecule has 2 saturated heterocycles. The van der Waals surface area contributed by atoms with Crippen LogP contribution in [0.5, 0.6) is 0 Å². The maximum atomic E-state index is 13.1. The zero-order valence-corrected chi connectivity index (χ0v) is 19.4. The average Bonchev–Trinajstić information content (AvgIpc) is 2.74. The zero-order chi connectivity index (χ0) is 22.4. The number of carbonyl (C=O) groups is 2. The van der Waals surface area contributed by atoms with Crippen LogP contribution in [-0.2, 0) is 19.6 Å². The smallest absolute Gasteiger partial charge is 0.244 e. The van der Waals surface area contributed by atoms with Gasteiger partial charge in [-0.15, -0.1) is 0 Å². The molecule has 1 aromatic carbocycles. The lowest BCUT2D eigenvalue weighted by molar-refractivity contribution is -0.135. The Labute approximate surface area is 185 Å². The summed E-state index contributed by atoms with van der Waals surface area (Å²) in [7, 11) is 0.0692. The van der Waals surface area contributed by atoms with Gasteiger partial charge in [-0.3, -0.25) is 9.59 Å². The lowest BCUT2D eigenvalue weighted by Crippen LogP contribution is -2.39. The van der Waals surface area contributed by atoms with Gasteiger partial charge < -0.3 is 15.1 Å². The number of hydrogen-bond donors (Lipinski definition) is 1. The van der Waals surface area contributed by atoms with Gasteiger partial charge in [0.15, 0.2) is 0 Å². The fourth-order valence-electron chi connectivity index (χ4n) is 4.17. The van der Waals surface area contributed by atoms with E-state index in [1.54, 1.807) is 17.0 Å². The summed E-state index contributed by atoms with van der Waals surface area (Å²) in [6.07, 6.45) is 7.11. The summed E-state index contributed by atoms with van der Waals surface area (Å²) in [5, 5.41) is 2.85. The van der Waals surface area contributed by atoms with Gasteiger partial charge in [0.2, 0.25) is 21.8 Å². The molecule has 2 aliphatic heterocycles. The van der Waals surface area contributed by atoms with E-state index in [0.29, 0.717) is 37.4 Å². The van der Waals surface area contributed by atoms with Gasteiger partial charge in [0.25, 0.3) is 0 Å². The van der Waals surface area contributed by atoms with Crippen LogP contribution in [0.1, 0.15) is 51.4 Å². The van der Waals surface area contributed by atoms with E-state index in [1.165, 1.54) is 10.4 Å². The summed E-state index contributed by atoms with van der Waals surface area (Å²) in [6, 6.07) is 4.84. The summed E-state index contributed by atoms with van der Waals surface area (Å²) in [4.78, 5) is 28.7. The monoisotopic (exact) mass is 450 g/mol. The van der Waals surface area contributed by atoms with Gasteiger partial charge in [-0.2, -0.15) is 4.31 Å². The Hall–Kier alpha value is -2.13. The molecule has 9 heteroatoms. The van der Waals surface area contributed by atoms with Gasteiger partial charge in [-0.05, 0) is 43.9 Å². The van der Waals surface area contributed by atoms with E-state index in [0.717, 1.165) is 44.9 Å². The number of likely N-dealkylation sites (tertiary alicyclic amines) is 1. The lowest BCUT2D eigenvalue weighted by atomic mass is 10.1. The maximum Gasteiger partial charge on any atom is 0.244 e. The molecular weight excluding hydrogens is 416 g/mol. The fourth-order valence-corrected chi connectivity index (χ4v) is 5.71. The van der Waals surface area contributed by atoms with Crippen molar-refractivity contribution in [1.82, 2.24) is 9.21 Å². The van der Waals surface area contributed by atoms with Gasteiger partial charge in [0.1, 0.15) is 0 Å². The highest BCUT2D eigenvalue weighted by molar-refractivity contribution is 7.89. The molecule has 2 fully saturated rings. The van der Waals surface area contributed by atoms with Crippen molar-refractivity contribution < 1.29 is 18.0 Å². The van der Waals surface area contributed by atoms with E-state index in [9.17, 15) is 18.0 Å². The molecule has 0 saturated carbocycles. The molecule has 0 bridgehead atoms. The number of hydrogen-bond acceptors (Lipinski definition) is 5. The number of rotatable bonds is 6. The largest absolute Gasteiger partial charge is 0.376 e. The van der Waals surface area contributed by atoms with Crippen LogP contribution in [0.25, 0.3) is 0 Å². The van der Waals surface area contributed by atoms with Gasteiger partial charge in [-0.1, -0.05) is 19.3 Å². The first kappa shape index (κ1) is 23.5. The number of carbonyl (C=O) groups excluding carboxylic acids is 2. The van der Waals surface area contributed by atoms with Crippen LogP contribution in [-0.4, -0.2) is 69.7 Å². The van der Waals surface area contributed by atoms with Crippen molar-refractivity contribution in [2.24, 2.45) is 0 Å². The van der Waals surface area contributed by atoms with Crippen molar-refractivity contribution in [2.75, 3.05) is 50.5 Å². The normalized spacial score (nSPS) is 18.9. The zero-order valence-electron chi connectivity index (χ0n) is 18.6. The molecule has 1 N–H and O–H groups in total. The second kappa shape index (κ2) is 10.5. The second-order valence-corrected chi connectivity index (χ2v) is 10.5. The van der Waals surface area contributed by atoms with Gasteiger partial charge >= 0.3 is 0 Å². The number of piperidine rings is 1.